The zero-order valence-corrected chi connectivity index (χ0v) is 5.52. The van der Waals surface area contributed by atoms with Crippen molar-refractivity contribution < 1.29 is 9.22 Å². The lowest BCUT2D eigenvalue weighted by molar-refractivity contribution is 0.311. The molecule has 0 aromatic heterocycles. The van der Waals surface area contributed by atoms with Crippen LogP contribution in [-0.2, 0) is 0 Å². The van der Waals surface area contributed by atoms with E-state index in [0.29, 0.717) is 12.2 Å². The Morgan fingerprint density at radius 1 is 1.50 bits per heavy atom. The first-order valence-electron chi connectivity index (χ1n) is 4.57. The van der Waals surface area contributed by atoms with E-state index >= 15 is 0 Å². The molecule has 0 spiro atoms. The lowest BCUT2D eigenvalue weighted by Crippen LogP contribution is -2.04. The molecule has 0 radical (unpaired) electrons. The van der Waals surface area contributed by atoms with Gasteiger partial charge in [0.2, 0.25) is 0 Å². The number of benzene rings is 1. The monoisotopic (exact) mass is 140 g/mol. The molecule has 10 heavy (non-hydrogen) atoms. The van der Waals surface area contributed by atoms with E-state index < -0.39 is 0 Å². The predicted molar refractivity (Wildman–Crippen MR) is 42.0 cm³/mol. The molecule has 2 nitrogen and oxygen atoms in total. The number of hydrogen-bond donors (Lipinski definition) is 2. The molecule has 0 heterocycles. The fraction of sp³-hybridized carbons (Fsp3) is 0.250. The predicted octanol–water partition coefficient (Wildman–Crippen LogP) is 1.09. The molecule has 0 saturated heterocycles. The van der Waals surface area contributed by atoms with Crippen LogP contribution in [0.4, 0.5) is 5.69 Å². The lowest BCUT2D eigenvalue weighted by atomic mass is 10.3. The van der Waals surface area contributed by atoms with Gasteiger partial charge in [-0.25, -0.2) is 0 Å². The number of rotatable bonds is 3. The van der Waals surface area contributed by atoms with Gasteiger partial charge in [-0.1, -0.05) is 18.2 Å². The van der Waals surface area contributed by atoms with Crippen LogP contribution in [0.2, 0.25) is 0 Å². The molecule has 0 saturated carbocycles. The number of aliphatic hydroxyl groups excluding tert-OH is 1. The minimum atomic E-state index is -0.0402. The van der Waals surface area contributed by atoms with Crippen molar-refractivity contribution in [2.24, 2.45) is 0 Å². The van der Waals surface area contributed by atoms with E-state index in [1.807, 2.05) is 0 Å². The van der Waals surface area contributed by atoms with Gasteiger partial charge in [-0.3, -0.25) is 0 Å². The van der Waals surface area contributed by atoms with E-state index in [0.717, 1.165) is 0 Å². The maximum absolute atomic E-state index is 8.54. The summed E-state index contributed by atoms with van der Waals surface area (Å²) in [5, 5.41) is 11.3. The number of hydrogen-bond acceptors (Lipinski definition) is 2. The summed E-state index contributed by atoms with van der Waals surface area (Å²) in [5.41, 5.74) is 0.366. The molecule has 0 fully saturated rings. The van der Waals surface area contributed by atoms with Gasteiger partial charge in [0.1, 0.15) is 0 Å². The van der Waals surface area contributed by atoms with Crippen LogP contribution in [0.15, 0.2) is 30.3 Å². The first-order valence-corrected chi connectivity index (χ1v) is 3.07. The number of aliphatic hydroxyl groups is 1. The van der Waals surface area contributed by atoms with E-state index in [-0.39, 0.29) is 24.7 Å². The summed E-state index contributed by atoms with van der Waals surface area (Å²) in [4.78, 5) is 0. The topological polar surface area (TPSA) is 32.3 Å². The molecular weight excluding hydrogens is 126 g/mol. The molecule has 0 atom stereocenters. The highest BCUT2D eigenvalue weighted by molar-refractivity contribution is 5.42. The maximum Gasteiger partial charge on any atom is 0.0645 e. The van der Waals surface area contributed by atoms with Crippen LogP contribution < -0.4 is 5.32 Å². The molecule has 1 aromatic carbocycles. The molecular formula is C8H11NO. The third-order valence-corrected chi connectivity index (χ3v) is 1.01. The zero-order valence-electron chi connectivity index (χ0n) is 8.52. The first kappa shape index (κ1) is 3.98. The first-order chi connectivity index (χ1) is 6.15. The van der Waals surface area contributed by atoms with Crippen LogP contribution in [-0.4, -0.2) is 18.3 Å². The summed E-state index contributed by atoms with van der Waals surface area (Å²) in [6.45, 7) is 0.274. The number of anilines is 1. The molecule has 0 amide bonds. The summed E-state index contributed by atoms with van der Waals surface area (Å²) >= 11 is 0. The smallest absolute Gasteiger partial charge is 0.0645 e. The van der Waals surface area contributed by atoms with Gasteiger partial charge in [-0.05, 0) is 12.1 Å². The molecule has 2 N–H and O–H groups in total. The summed E-state index contributed by atoms with van der Waals surface area (Å²) in [5.74, 6) is 0. The Balaban J connectivity index is 2.92. The molecule has 0 unspecified atom stereocenters. The van der Waals surface area contributed by atoms with Crippen LogP contribution in [0.5, 0.6) is 0 Å². The summed E-state index contributed by atoms with van der Waals surface area (Å²) < 4.78 is 22.1. The average Bonchev–Trinajstić information content (AvgIpc) is 2.02. The fourth-order valence-electron chi connectivity index (χ4n) is 0.594. The van der Waals surface area contributed by atoms with E-state index in [2.05, 4.69) is 5.32 Å². The van der Waals surface area contributed by atoms with Gasteiger partial charge in [-0.2, -0.15) is 0 Å². The second-order valence-corrected chi connectivity index (χ2v) is 1.77. The van der Waals surface area contributed by atoms with Gasteiger partial charge >= 0.3 is 0 Å². The van der Waals surface area contributed by atoms with Crippen molar-refractivity contribution in [3.63, 3.8) is 0 Å². The van der Waals surface area contributed by atoms with Crippen LogP contribution in [0.3, 0.4) is 0 Å². The van der Waals surface area contributed by atoms with Crippen LogP contribution in [0.1, 0.15) is 4.11 Å². The fourth-order valence-corrected chi connectivity index (χ4v) is 0.594. The average molecular weight is 140 g/mol. The van der Waals surface area contributed by atoms with Gasteiger partial charge in [0, 0.05) is 12.2 Å². The molecule has 1 aromatic rings. The van der Waals surface area contributed by atoms with Gasteiger partial charge < -0.3 is 10.4 Å². The van der Waals surface area contributed by atoms with E-state index in [1.54, 1.807) is 0 Å². The second-order valence-electron chi connectivity index (χ2n) is 1.77. The van der Waals surface area contributed by atoms with Crippen molar-refractivity contribution in [2.45, 2.75) is 0 Å². The van der Waals surface area contributed by atoms with Gasteiger partial charge in [-0.15, -0.1) is 0 Å². The molecule has 0 aliphatic carbocycles. The van der Waals surface area contributed by atoms with Gasteiger partial charge in [0.15, 0.2) is 0 Å². The van der Waals surface area contributed by atoms with Crippen molar-refractivity contribution in [1.29, 1.82) is 0 Å². The highest BCUT2D eigenvalue weighted by Gasteiger charge is 1.84. The third-order valence-electron chi connectivity index (χ3n) is 1.01. The van der Waals surface area contributed by atoms with Crippen LogP contribution in [0.25, 0.3) is 0 Å². The minimum Gasteiger partial charge on any atom is -0.395 e. The standard InChI is InChI=1S/C8H11NO/c10-7-6-9-8-4-2-1-3-5-8/h1-5,9-10H,6-7H2/i1D,4D,5D. The third kappa shape index (κ3) is 2.07. The molecule has 2 heteroatoms. The Kier molecular flexibility index (Phi) is 1.56. The number of para-hydroxylation sites is 1. The van der Waals surface area contributed by atoms with Gasteiger partial charge in [0.25, 0.3) is 0 Å². The SMILES string of the molecule is [2H]c1cc([2H])c(NCCO)c([2H])c1. The normalized spacial score (nSPS) is 13.5. The van der Waals surface area contributed by atoms with Gasteiger partial charge in [0.05, 0.1) is 10.7 Å². The maximum atomic E-state index is 8.54. The van der Waals surface area contributed by atoms with Crippen LogP contribution >= 0.6 is 0 Å². The molecule has 0 aliphatic rings. The van der Waals surface area contributed by atoms with Crippen molar-refractivity contribution in [3.8, 4) is 0 Å². The Hall–Kier alpha value is -1.02. The molecule has 54 valence electrons. The lowest BCUT2D eigenvalue weighted by Gasteiger charge is -2.01. The summed E-state index contributed by atoms with van der Waals surface area (Å²) in [6, 6.07) is 3.11. The Morgan fingerprint density at radius 3 is 2.80 bits per heavy atom. The quantitative estimate of drug-likeness (QED) is 0.658. The Morgan fingerprint density at radius 2 is 2.20 bits per heavy atom. The Bertz CT molecular complexity index is 280. The highest BCUT2D eigenvalue weighted by atomic mass is 16.3. The second kappa shape index (κ2) is 3.90. The van der Waals surface area contributed by atoms with E-state index in [9.17, 15) is 0 Å². The van der Waals surface area contributed by atoms with E-state index in [4.69, 9.17) is 9.22 Å². The zero-order chi connectivity index (χ0) is 9.84. The Labute approximate surface area is 64.7 Å². The number of nitrogens with one attached hydrogen (secondary N) is 1. The minimum absolute atomic E-state index is 0.0402. The van der Waals surface area contributed by atoms with Crippen molar-refractivity contribution in [3.05, 3.63) is 30.3 Å². The summed E-state index contributed by atoms with van der Waals surface area (Å²) in [6.07, 6.45) is 0. The van der Waals surface area contributed by atoms with Crippen LogP contribution in [0, 0.1) is 0 Å². The van der Waals surface area contributed by atoms with E-state index in [1.165, 1.54) is 12.1 Å². The molecule has 0 bridgehead atoms. The largest absolute Gasteiger partial charge is 0.395 e. The van der Waals surface area contributed by atoms with Crippen molar-refractivity contribution in [1.82, 2.24) is 0 Å². The molecule has 1 rings (SSSR count). The summed E-state index contributed by atoms with van der Waals surface area (Å²) in [7, 11) is 0. The van der Waals surface area contributed by atoms with Crippen molar-refractivity contribution >= 4 is 5.69 Å². The highest BCUT2D eigenvalue weighted by Crippen LogP contribution is 2.02. The molecule has 0 aliphatic heterocycles. The van der Waals surface area contributed by atoms with Crippen molar-refractivity contribution in [2.75, 3.05) is 18.5 Å².